The Bertz CT molecular complexity index is 1110. The maximum atomic E-state index is 12.7. The lowest BCUT2D eigenvalue weighted by Gasteiger charge is -2.19. The zero-order valence-electron chi connectivity index (χ0n) is 15.3. The van der Waals surface area contributed by atoms with Crippen molar-refractivity contribution in [2.75, 3.05) is 4.72 Å². The van der Waals surface area contributed by atoms with Gasteiger partial charge in [-0.25, -0.2) is 8.42 Å². The van der Waals surface area contributed by atoms with E-state index in [9.17, 15) is 13.5 Å². The van der Waals surface area contributed by atoms with Crippen molar-refractivity contribution >= 4 is 38.9 Å². The Morgan fingerprint density at radius 1 is 0.929 bits per heavy atom. The predicted octanol–water partition coefficient (Wildman–Crippen LogP) is 5.69. The van der Waals surface area contributed by atoms with Gasteiger partial charge in [0.15, 0.2) is 0 Å². The van der Waals surface area contributed by atoms with Crippen molar-refractivity contribution in [3.63, 3.8) is 0 Å². The monoisotopic (exact) mass is 435 g/mol. The van der Waals surface area contributed by atoms with Crippen LogP contribution in [0.15, 0.2) is 71.6 Å². The number of hydrogen-bond acceptors (Lipinski definition) is 3. The number of rotatable bonds is 5. The molecule has 0 aliphatic rings. The average molecular weight is 436 g/mol. The Morgan fingerprint density at radius 3 is 2.21 bits per heavy atom. The molecule has 4 nitrogen and oxygen atoms in total. The zero-order chi connectivity index (χ0) is 20.5. The van der Waals surface area contributed by atoms with Crippen LogP contribution in [0.3, 0.4) is 0 Å². The highest BCUT2D eigenvalue weighted by atomic mass is 35.5. The van der Waals surface area contributed by atoms with E-state index in [1.807, 2.05) is 0 Å². The van der Waals surface area contributed by atoms with E-state index in [-0.39, 0.29) is 4.90 Å². The molecular weight excluding hydrogens is 417 g/mol. The maximum Gasteiger partial charge on any atom is 0.261 e. The Morgan fingerprint density at radius 2 is 1.61 bits per heavy atom. The summed E-state index contributed by atoms with van der Waals surface area (Å²) in [7, 11) is -3.78. The Kier molecular flexibility index (Phi) is 5.73. The minimum absolute atomic E-state index is 0.120. The second kappa shape index (κ2) is 7.76. The number of anilines is 1. The standard InChI is InChI=1S/C21H19Cl2NO3S/c1-21(2,25)15-4-3-5-17(12-15)24-28(26,27)18-9-6-14(7-10-18)19-11-8-16(22)13-20(19)23/h3-13,24-25H,1-2H3. The van der Waals surface area contributed by atoms with E-state index in [1.165, 1.54) is 12.1 Å². The summed E-state index contributed by atoms with van der Waals surface area (Å²) in [6, 6.07) is 18.2. The van der Waals surface area contributed by atoms with Gasteiger partial charge < -0.3 is 5.11 Å². The van der Waals surface area contributed by atoms with E-state index in [0.29, 0.717) is 21.3 Å². The molecule has 0 unspecified atom stereocenters. The summed E-state index contributed by atoms with van der Waals surface area (Å²) in [5.74, 6) is 0. The molecule has 28 heavy (non-hydrogen) atoms. The highest BCUT2D eigenvalue weighted by Gasteiger charge is 2.19. The van der Waals surface area contributed by atoms with E-state index in [1.54, 1.807) is 68.4 Å². The van der Waals surface area contributed by atoms with Crippen LogP contribution in [0.25, 0.3) is 11.1 Å². The van der Waals surface area contributed by atoms with Gasteiger partial charge in [0, 0.05) is 21.3 Å². The fourth-order valence-corrected chi connectivity index (χ4v) is 4.28. The van der Waals surface area contributed by atoms with Gasteiger partial charge in [-0.1, -0.05) is 53.5 Å². The van der Waals surface area contributed by atoms with Crippen molar-refractivity contribution in [3.8, 4) is 11.1 Å². The molecule has 7 heteroatoms. The fraction of sp³-hybridized carbons (Fsp3) is 0.143. The molecule has 0 aliphatic carbocycles. The molecule has 0 heterocycles. The summed E-state index contributed by atoms with van der Waals surface area (Å²) >= 11 is 12.1. The lowest BCUT2D eigenvalue weighted by molar-refractivity contribution is 0.0786. The van der Waals surface area contributed by atoms with Gasteiger partial charge in [0.25, 0.3) is 10.0 Å². The van der Waals surface area contributed by atoms with E-state index < -0.39 is 15.6 Å². The summed E-state index contributed by atoms with van der Waals surface area (Å²) in [4.78, 5) is 0.120. The molecule has 0 atom stereocenters. The molecule has 0 aromatic heterocycles. The second-order valence-electron chi connectivity index (χ2n) is 6.89. The van der Waals surface area contributed by atoms with Crippen LogP contribution in [-0.4, -0.2) is 13.5 Å². The van der Waals surface area contributed by atoms with Crippen LogP contribution in [0.4, 0.5) is 5.69 Å². The first-order chi connectivity index (χ1) is 13.1. The van der Waals surface area contributed by atoms with E-state index >= 15 is 0 Å². The molecule has 3 aromatic carbocycles. The van der Waals surface area contributed by atoms with Gasteiger partial charge in [-0.15, -0.1) is 0 Å². The largest absolute Gasteiger partial charge is 0.386 e. The molecule has 0 spiro atoms. The third-order valence-electron chi connectivity index (χ3n) is 4.23. The first-order valence-corrected chi connectivity index (χ1v) is 10.7. The van der Waals surface area contributed by atoms with Crippen molar-refractivity contribution in [1.82, 2.24) is 0 Å². The number of nitrogens with one attached hydrogen (secondary N) is 1. The molecular formula is C21H19Cl2NO3S. The molecule has 146 valence electrons. The molecule has 0 fully saturated rings. The zero-order valence-corrected chi connectivity index (χ0v) is 17.6. The third kappa shape index (κ3) is 4.67. The number of benzene rings is 3. The van der Waals surface area contributed by atoms with Crippen molar-refractivity contribution < 1.29 is 13.5 Å². The quantitative estimate of drug-likeness (QED) is 0.540. The Hall–Kier alpha value is -2.05. The van der Waals surface area contributed by atoms with Crippen molar-refractivity contribution in [3.05, 3.63) is 82.3 Å². The maximum absolute atomic E-state index is 12.7. The Labute approximate surface area is 174 Å². The van der Waals surface area contributed by atoms with Gasteiger partial charge in [-0.2, -0.15) is 0 Å². The van der Waals surface area contributed by atoms with Gasteiger partial charge in [0.05, 0.1) is 10.5 Å². The van der Waals surface area contributed by atoms with Crippen LogP contribution in [0, 0.1) is 0 Å². The molecule has 3 rings (SSSR count). The lowest BCUT2D eigenvalue weighted by atomic mass is 9.98. The summed E-state index contributed by atoms with van der Waals surface area (Å²) in [5.41, 5.74) is 1.47. The van der Waals surface area contributed by atoms with E-state index in [2.05, 4.69) is 4.72 Å². The van der Waals surface area contributed by atoms with Crippen molar-refractivity contribution in [2.45, 2.75) is 24.3 Å². The third-order valence-corrected chi connectivity index (χ3v) is 6.17. The lowest BCUT2D eigenvalue weighted by Crippen LogP contribution is -2.17. The summed E-state index contributed by atoms with van der Waals surface area (Å²) in [6.07, 6.45) is 0. The molecule has 0 radical (unpaired) electrons. The first-order valence-electron chi connectivity index (χ1n) is 8.47. The highest BCUT2D eigenvalue weighted by molar-refractivity contribution is 7.92. The highest BCUT2D eigenvalue weighted by Crippen LogP contribution is 2.31. The van der Waals surface area contributed by atoms with Crippen LogP contribution >= 0.6 is 23.2 Å². The molecule has 3 aromatic rings. The second-order valence-corrected chi connectivity index (χ2v) is 9.42. The summed E-state index contributed by atoms with van der Waals surface area (Å²) in [5, 5.41) is 11.1. The van der Waals surface area contributed by atoms with E-state index in [4.69, 9.17) is 23.2 Å². The van der Waals surface area contributed by atoms with Gasteiger partial charge in [0.1, 0.15) is 0 Å². The van der Waals surface area contributed by atoms with Gasteiger partial charge in [-0.3, -0.25) is 4.72 Å². The van der Waals surface area contributed by atoms with Gasteiger partial charge in [-0.05, 0) is 61.4 Å². The van der Waals surface area contributed by atoms with Crippen LogP contribution < -0.4 is 4.72 Å². The van der Waals surface area contributed by atoms with Crippen molar-refractivity contribution in [2.24, 2.45) is 0 Å². The number of halogens is 2. The molecule has 0 amide bonds. The molecule has 2 N–H and O–H groups in total. The minimum Gasteiger partial charge on any atom is -0.386 e. The summed E-state index contributed by atoms with van der Waals surface area (Å²) in [6.45, 7) is 3.28. The van der Waals surface area contributed by atoms with E-state index in [0.717, 1.165) is 11.1 Å². The molecule has 0 saturated heterocycles. The minimum atomic E-state index is -3.78. The first kappa shape index (κ1) is 20.7. The van der Waals surface area contributed by atoms with Crippen LogP contribution in [0.2, 0.25) is 10.0 Å². The normalized spacial score (nSPS) is 12.0. The average Bonchev–Trinajstić information content (AvgIpc) is 2.61. The summed E-state index contributed by atoms with van der Waals surface area (Å²) < 4.78 is 28.0. The predicted molar refractivity (Wildman–Crippen MR) is 114 cm³/mol. The fourth-order valence-electron chi connectivity index (χ4n) is 2.71. The molecule has 0 bridgehead atoms. The number of sulfonamides is 1. The number of aliphatic hydroxyl groups is 1. The smallest absolute Gasteiger partial charge is 0.261 e. The van der Waals surface area contributed by atoms with Crippen molar-refractivity contribution in [1.29, 1.82) is 0 Å². The van der Waals surface area contributed by atoms with Crippen LogP contribution in [0.1, 0.15) is 19.4 Å². The Balaban J connectivity index is 1.87. The number of hydrogen-bond donors (Lipinski definition) is 2. The SMILES string of the molecule is CC(C)(O)c1cccc(NS(=O)(=O)c2ccc(-c3ccc(Cl)cc3Cl)cc2)c1. The van der Waals surface area contributed by atoms with Gasteiger partial charge in [0.2, 0.25) is 0 Å². The topological polar surface area (TPSA) is 66.4 Å². The van der Waals surface area contributed by atoms with Crippen LogP contribution in [0.5, 0.6) is 0 Å². The molecule has 0 aliphatic heterocycles. The molecule has 0 saturated carbocycles. The van der Waals surface area contributed by atoms with Gasteiger partial charge >= 0.3 is 0 Å². The van der Waals surface area contributed by atoms with Crippen LogP contribution in [-0.2, 0) is 15.6 Å².